The Balaban J connectivity index is 1.57. The highest BCUT2D eigenvalue weighted by atomic mass is 16.6. The minimum absolute atomic E-state index is 0.0454. The van der Waals surface area contributed by atoms with E-state index < -0.39 is 0 Å². The van der Waals surface area contributed by atoms with Crippen molar-refractivity contribution in [1.82, 2.24) is 25.6 Å². The molecule has 2 aliphatic heterocycles. The molecule has 8 nitrogen and oxygen atoms in total. The van der Waals surface area contributed by atoms with Gasteiger partial charge in [-0.15, -0.1) is 0 Å². The lowest BCUT2D eigenvalue weighted by Gasteiger charge is -2.14. The molecule has 2 unspecified atom stereocenters. The van der Waals surface area contributed by atoms with Crippen molar-refractivity contribution >= 4 is 22.8 Å². The first-order chi connectivity index (χ1) is 10.6. The van der Waals surface area contributed by atoms with E-state index in [9.17, 15) is 9.59 Å². The van der Waals surface area contributed by atoms with Crippen LogP contribution in [0.5, 0.6) is 0 Å². The average Bonchev–Trinajstić information content (AvgIpc) is 3.14. The van der Waals surface area contributed by atoms with Crippen molar-refractivity contribution in [3.63, 3.8) is 0 Å². The number of fused-ring (bicyclic) bond motifs is 2. The van der Waals surface area contributed by atoms with Gasteiger partial charge in [0.15, 0.2) is 6.23 Å². The standard InChI is InChI=1S/C14H15N5O3/c1-6-16-9-5-15-4-7(11(9)17-6)13(21)18-8-2-3-10(20)19-14-12(8)22-14/h4-5,8,12,14H,2-3H2,1H3,(H,16,17)(H,18,21)(H,19,20)/t8?,12?,14-/m1/s1. The molecule has 22 heavy (non-hydrogen) atoms. The Labute approximate surface area is 125 Å². The average molecular weight is 301 g/mol. The van der Waals surface area contributed by atoms with Gasteiger partial charge in [-0.2, -0.15) is 0 Å². The minimum Gasteiger partial charge on any atom is -0.346 e. The van der Waals surface area contributed by atoms with Crippen LogP contribution in [0.3, 0.4) is 0 Å². The molecule has 2 fully saturated rings. The molecule has 3 atom stereocenters. The summed E-state index contributed by atoms with van der Waals surface area (Å²) < 4.78 is 5.39. The van der Waals surface area contributed by atoms with Crippen molar-refractivity contribution in [3.05, 3.63) is 23.8 Å². The van der Waals surface area contributed by atoms with Crippen molar-refractivity contribution in [2.75, 3.05) is 0 Å². The number of imidazole rings is 1. The second-order valence-corrected chi connectivity index (χ2v) is 5.61. The monoisotopic (exact) mass is 301 g/mol. The molecule has 0 bridgehead atoms. The van der Waals surface area contributed by atoms with Gasteiger partial charge in [-0.25, -0.2) is 4.98 Å². The Bertz CT molecular complexity index is 771. The molecule has 2 aliphatic rings. The van der Waals surface area contributed by atoms with Crippen molar-refractivity contribution in [2.45, 2.75) is 38.1 Å². The van der Waals surface area contributed by atoms with Crippen LogP contribution >= 0.6 is 0 Å². The summed E-state index contributed by atoms with van der Waals surface area (Å²) in [4.78, 5) is 35.5. The first kappa shape index (κ1) is 13.2. The lowest BCUT2D eigenvalue weighted by Crippen LogP contribution is -2.39. The first-order valence-electron chi connectivity index (χ1n) is 7.18. The van der Waals surface area contributed by atoms with Crippen LogP contribution in [0.2, 0.25) is 0 Å². The Morgan fingerprint density at radius 1 is 1.45 bits per heavy atom. The van der Waals surface area contributed by atoms with Crippen molar-refractivity contribution in [1.29, 1.82) is 0 Å². The van der Waals surface area contributed by atoms with Gasteiger partial charge in [0.05, 0.1) is 23.3 Å². The molecule has 114 valence electrons. The SMILES string of the molecule is Cc1nc2c(C(=O)NC3CCC(=O)N[C@@H]4OC34)cncc2[nH]1. The fourth-order valence-corrected chi connectivity index (χ4v) is 2.85. The number of hydrogen-bond donors (Lipinski definition) is 3. The van der Waals surface area contributed by atoms with Crippen molar-refractivity contribution in [2.24, 2.45) is 0 Å². The van der Waals surface area contributed by atoms with Gasteiger partial charge in [0.1, 0.15) is 17.4 Å². The third kappa shape index (κ3) is 2.21. The lowest BCUT2D eigenvalue weighted by molar-refractivity contribution is -0.121. The van der Waals surface area contributed by atoms with E-state index in [1.807, 2.05) is 6.92 Å². The summed E-state index contributed by atoms with van der Waals surface area (Å²) in [5.41, 5.74) is 1.74. The summed E-state index contributed by atoms with van der Waals surface area (Å²) in [6, 6.07) is -0.188. The van der Waals surface area contributed by atoms with Crippen LogP contribution in [0.15, 0.2) is 12.4 Å². The topological polar surface area (TPSA) is 112 Å². The number of carbonyl (C=O) groups is 2. The third-order valence-corrected chi connectivity index (χ3v) is 3.98. The molecule has 0 saturated carbocycles. The van der Waals surface area contributed by atoms with Crippen LogP contribution in [-0.4, -0.2) is 45.1 Å². The van der Waals surface area contributed by atoms with Crippen LogP contribution in [0.4, 0.5) is 0 Å². The highest BCUT2D eigenvalue weighted by molar-refractivity contribution is 6.04. The van der Waals surface area contributed by atoms with E-state index in [-0.39, 0.29) is 30.2 Å². The Kier molecular flexibility index (Phi) is 2.86. The van der Waals surface area contributed by atoms with E-state index in [1.165, 1.54) is 6.20 Å². The van der Waals surface area contributed by atoms with E-state index in [4.69, 9.17) is 4.74 Å². The van der Waals surface area contributed by atoms with Gasteiger partial charge in [-0.05, 0) is 13.3 Å². The molecule has 0 aromatic carbocycles. The van der Waals surface area contributed by atoms with Crippen LogP contribution in [0.25, 0.3) is 11.0 Å². The summed E-state index contributed by atoms with van der Waals surface area (Å²) in [5, 5.41) is 5.69. The number of aromatic amines is 1. The highest BCUT2D eigenvalue weighted by Crippen LogP contribution is 2.28. The second kappa shape index (κ2) is 4.77. The van der Waals surface area contributed by atoms with Crippen LogP contribution in [-0.2, 0) is 9.53 Å². The van der Waals surface area contributed by atoms with E-state index >= 15 is 0 Å². The van der Waals surface area contributed by atoms with Gasteiger partial charge in [0, 0.05) is 12.6 Å². The van der Waals surface area contributed by atoms with E-state index in [1.54, 1.807) is 6.20 Å². The van der Waals surface area contributed by atoms with Crippen LogP contribution in [0.1, 0.15) is 29.0 Å². The fourth-order valence-electron chi connectivity index (χ4n) is 2.85. The highest BCUT2D eigenvalue weighted by Gasteiger charge is 2.48. The molecule has 4 rings (SSSR count). The van der Waals surface area contributed by atoms with E-state index in [0.29, 0.717) is 23.9 Å². The summed E-state index contributed by atoms with van der Waals surface area (Å²) in [6.45, 7) is 1.83. The number of carbonyl (C=O) groups excluding carboxylic acids is 2. The normalized spacial score (nSPS) is 27.0. The second-order valence-electron chi connectivity index (χ2n) is 5.61. The number of epoxide rings is 1. The number of H-pyrrole nitrogens is 1. The number of pyridine rings is 1. The van der Waals surface area contributed by atoms with Gasteiger partial charge in [-0.3, -0.25) is 14.6 Å². The minimum atomic E-state index is -0.276. The molecule has 2 aromatic heterocycles. The smallest absolute Gasteiger partial charge is 0.255 e. The first-order valence-corrected chi connectivity index (χ1v) is 7.18. The number of ether oxygens (including phenoxy) is 1. The van der Waals surface area contributed by atoms with Crippen LogP contribution < -0.4 is 10.6 Å². The maximum atomic E-state index is 12.5. The lowest BCUT2D eigenvalue weighted by atomic mass is 10.1. The molecule has 8 heteroatoms. The predicted octanol–water partition coefficient (Wildman–Crippen LogP) is -0.000380. The molecular weight excluding hydrogens is 286 g/mol. The molecule has 0 radical (unpaired) electrons. The Morgan fingerprint density at radius 3 is 3.18 bits per heavy atom. The number of nitrogens with one attached hydrogen (secondary N) is 3. The zero-order valence-electron chi connectivity index (χ0n) is 11.9. The molecular formula is C14H15N5O3. The maximum absolute atomic E-state index is 12.5. The van der Waals surface area contributed by atoms with Gasteiger partial charge in [-0.1, -0.05) is 0 Å². The predicted molar refractivity (Wildman–Crippen MR) is 75.9 cm³/mol. The van der Waals surface area contributed by atoms with Gasteiger partial charge in [0.25, 0.3) is 5.91 Å². The van der Waals surface area contributed by atoms with Crippen LogP contribution in [0, 0.1) is 6.92 Å². The number of rotatable bonds is 2. The Morgan fingerprint density at radius 2 is 2.32 bits per heavy atom. The summed E-state index contributed by atoms with van der Waals surface area (Å²) in [6.07, 6.45) is 3.65. The molecule has 0 spiro atoms. The molecule has 2 saturated heterocycles. The number of aromatic nitrogens is 3. The quantitative estimate of drug-likeness (QED) is 0.676. The fraction of sp³-hybridized carbons (Fsp3) is 0.429. The van der Waals surface area contributed by atoms with Crippen molar-refractivity contribution < 1.29 is 14.3 Å². The number of hydrogen-bond acceptors (Lipinski definition) is 5. The largest absolute Gasteiger partial charge is 0.346 e. The summed E-state index contributed by atoms with van der Waals surface area (Å²) in [5.74, 6) is 0.432. The molecule has 0 aliphatic carbocycles. The number of amides is 2. The zero-order valence-corrected chi connectivity index (χ0v) is 11.9. The molecule has 2 aromatic rings. The molecule has 3 N–H and O–H groups in total. The van der Waals surface area contributed by atoms with Crippen molar-refractivity contribution in [3.8, 4) is 0 Å². The maximum Gasteiger partial charge on any atom is 0.255 e. The summed E-state index contributed by atoms with van der Waals surface area (Å²) in [7, 11) is 0. The number of nitrogens with zero attached hydrogens (tertiary/aromatic N) is 2. The van der Waals surface area contributed by atoms with E-state index in [0.717, 1.165) is 11.3 Å². The number of aryl methyl sites for hydroxylation is 1. The van der Waals surface area contributed by atoms with E-state index in [2.05, 4.69) is 25.6 Å². The third-order valence-electron chi connectivity index (χ3n) is 3.98. The Hall–Kier alpha value is -2.48. The molecule has 2 amide bonds. The molecule has 4 heterocycles. The summed E-state index contributed by atoms with van der Waals surface area (Å²) >= 11 is 0. The van der Waals surface area contributed by atoms with Gasteiger partial charge in [0.2, 0.25) is 5.91 Å². The van der Waals surface area contributed by atoms with Gasteiger partial charge < -0.3 is 20.4 Å². The van der Waals surface area contributed by atoms with Gasteiger partial charge >= 0.3 is 0 Å². The zero-order chi connectivity index (χ0) is 15.3.